The number of sulfonamides is 1. The van der Waals surface area contributed by atoms with Crippen LogP contribution < -0.4 is 0 Å². The molecule has 4 rings (SSSR count). The Hall–Kier alpha value is -1.13. The van der Waals surface area contributed by atoms with E-state index in [1.165, 1.54) is 5.57 Å². The van der Waals surface area contributed by atoms with E-state index in [0.29, 0.717) is 16.7 Å². The third-order valence-corrected chi connectivity index (χ3v) is 6.64. The van der Waals surface area contributed by atoms with Crippen LogP contribution >= 0.6 is 0 Å². The minimum Gasteiger partial charge on any atom is -0.207 e. The van der Waals surface area contributed by atoms with Gasteiger partial charge in [0.05, 0.1) is 4.90 Å². The van der Waals surface area contributed by atoms with Crippen molar-refractivity contribution in [2.24, 2.45) is 11.8 Å². The smallest absolute Gasteiger partial charge is 0.207 e. The van der Waals surface area contributed by atoms with Crippen molar-refractivity contribution in [2.45, 2.75) is 29.8 Å². The van der Waals surface area contributed by atoms with E-state index in [0.717, 1.165) is 12.8 Å². The van der Waals surface area contributed by atoms with Gasteiger partial charge in [0, 0.05) is 12.1 Å². The molecule has 1 aliphatic heterocycles. The summed E-state index contributed by atoms with van der Waals surface area (Å²) < 4.78 is 26.8. The predicted octanol–water partition coefficient (Wildman–Crippen LogP) is 2.02. The fourth-order valence-electron chi connectivity index (χ4n) is 3.90. The van der Waals surface area contributed by atoms with Gasteiger partial charge >= 0.3 is 0 Å². The minimum atomic E-state index is -3.28. The molecule has 0 radical (unpaired) electrons. The molecule has 94 valence electrons. The van der Waals surface area contributed by atoms with Crippen molar-refractivity contribution in [2.75, 3.05) is 0 Å². The van der Waals surface area contributed by atoms with Crippen molar-refractivity contribution >= 4 is 10.0 Å². The Morgan fingerprint density at radius 1 is 1.06 bits per heavy atom. The normalized spacial score (nSPS) is 40.9. The van der Waals surface area contributed by atoms with E-state index in [9.17, 15) is 8.42 Å². The van der Waals surface area contributed by atoms with Gasteiger partial charge in [-0.25, -0.2) is 8.42 Å². The van der Waals surface area contributed by atoms with E-state index in [2.05, 4.69) is 6.58 Å². The lowest BCUT2D eigenvalue weighted by Gasteiger charge is -2.14. The summed E-state index contributed by atoms with van der Waals surface area (Å²) in [5.41, 5.74) is 1.30. The second-order valence-corrected chi connectivity index (χ2v) is 7.34. The Balaban J connectivity index is 1.70. The molecule has 1 heterocycles. The number of hydrogen-bond donors (Lipinski definition) is 0. The van der Waals surface area contributed by atoms with E-state index >= 15 is 0 Å². The highest BCUT2D eigenvalue weighted by Crippen LogP contribution is 2.62. The van der Waals surface area contributed by atoms with Crippen molar-refractivity contribution in [1.82, 2.24) is 4.31 Å². The van der Waals surface area contributed by atoms with Crippen LogP contribution in [0.5, 0.6) is 0 Å². The van der Waals surface area contributed by atoms with E-state index < -0.39 is 10.0 Å². The number of piperidine rings is 1. The summed E-state index contributed by atoms with van der Waals surface area (Å²) in [6.45, 7) is 4.13. The summed E-state index contributed by atoms with van der Waals surface area (Å²) in [6, 6.07) is 9.18. The second kappa shape index (κ2) is 3.25. The highest BCUT2D eigenvalue weighted by Gasteiger charge is 2.69. The lowest BCUT2D eigenvalue weighted by molar-refractivity contribution is 0.506. The minimum absolute atomic E-state index is 0.210. The molecule has 2 bridgehead atoms. The molecule has 4 unspecified atom stereocenters. The van der Waals surface area contributed by atoms with Gasteiger partial charge in [0.25, 0.3) is 0 Å². The molecule has 0 spiro atoms. The maximum atomic E-state index is 12.5. The molecule has 0 amide bonds. The number of benzene rings is 1. The molecule has 1 saturated heterocycles. The van der Waals surface area contributed by atoms with Crippen LogP contribution in [-0.4, -0.2) is 24.8 Å². The van der Waals surface area contributed by atoms with Crippen LogP contribution in [0.25, 0.3) is 0 Å². The van der Waals surface area contributed by atoms with E-state index in [4.69, 9.17) is 0 Å². The second-order valence-electron chi connectivity index (χ2n) is 5.49. The van der Waals surface area contributed by atoms with Crippen molar-refractivity contribution < 1.29 is 8.42 Å². The number of fused-ring (bicyclic) bond motifs is 5. The van der Waals surface area contributed by atoms with E-state index in [1.54, 1.807) is 28.6 Å². The molecule has 2 saturated carbocycles. The lowest BCUT2D eigenvalue weighted by atomic mass is 10.0. The van der Waals surface area contributed by atoms with Gasteiger partial charge in [0.15, 0.2) is 0 Å². The molecule has 0 aromatic heterocycles. The highest BCUT2D eigenvalue weighted by molar-refractivity contribution is 7.89. The van der Waals surface area contributed by atoms with Crippen LogP contribution in [0.15, 0.2) is 47.4 Å². The van der Waals surface area contributed by atoms with Gasteiger partial charge in [-0.3, -0.25) is 0 Å². The molecule has 2 aliphatic carbocycles. The maximum absolute atomic E-state index is 12.5. The third kappa shape index (κ3) is 1.15. The molecular weight excluding hydrogens is 246 g/mol. The number of hydrogen-bond acceptors (Lipinski definition) is 2. The van der Waals surface area contributed by atoms with Gasteiger partial charge in [-0.1, -0.05) is 30.4 Å². The zero-order valence-electron chi connectivity index (χ0n) is 9.99. The summed E-state index contributed by atoms with van der Waals surface area (Å²) in [6.07, 6.45) is 2.23. The predicted molar refractivity (Wildman–Crippen MR) is 68.4 cm³/mol. The molecule has 3 nitrogen and oxygen atoms in total. The van der Waals surface area contributed by atoms with Crippen LogP contribution in [0.3, 0.4) is 0 Å². The molecule has 4 heteroatoms. The number of rotatable bonds is 2. The molecule has 4 atom stereocenters. The van der Waals surface area contributed by atoms with Gasteiger partial charge in [-0.15, -0.1) is 0 Å². The quantitative estimate of drug-likeness (QED) is 0.603. The van der Waals surface area contributed by atoms with Gasteiger partial charge in [0.2, 0.25) is 10.0 Å². The summed E-state index contributed by atoms with van der Waals surface area (Å²) in [5, 5.41) is 0. The largest absolute Gasteiger partial charge is 0.243 e. The lowest BCUT2D eigenvalue weighted by Crippen LogP contribution is -2.22. The Bertz CT molecular complexity index is 602. The topological polar surface area (TPSA) is 37.1 Å². The van der Waals surface area contributed by atoms with Crippen LogP contribution in [0.1, 0.15) is 12.8 Å². The summed E-state index contributed by atoms with van der Waals surface area (Å²) in [4.78, 5) is 0.421. The van der Waals surface area contributed by atoms with Gasteiger partial charge < -0.3 is 0 Å². The Morgan fingerprint density at radius 3 is 2.17 bits per heavy atom. The average Bonchev–Trinajstić information content (AvgIpc) is 2.98. The SMILES string of the molecule is C=C1C2CCC1C1C2N1S(=O)(=O)c1ccccc1. The molecule has 0 N–H and O–H groups in total. The maximum Gasteiger partial charge on any atom is 0.243 e. The molecule has 3 fully saturated rings. The molecule has 1 aromatic rings. The fourth-order valence-corrected chi connectivity index (χ4v) is 5.77. The Kier molecular flexibility index (Phi) is 1.94. The van der Waals surface area contributed by atoms with Crippen LogP contribution in [0.2, 0.25) is 0 Å². The van der Waals surface area contributed by atoms with Gasteiger partial charge in [-0.05, 0) is 36.8 Å². The first kappa shape index (κ1) is 10.8. The van der Waals surface area contributed by atoms with Crippen LogP contribution in [0.4, 0.5) is 0 Å². The molecule has 1 aromatic carbocycles. The zero-order valence-corrected chi connectivity index (χ0v) is 10.8. The first-order chi connectivity index (χ1) is 8.62. The average molecular weight is 261 g/mol. The summed E-state index contributed by atoms with van der Waals surface area (Å²) >= 11 is 0. The standard InChI is InChI=1S/C14H15NO2S/c1-9-11-7-8-12(9)14-13(11)15(14)18(16,17)10-5-3-2-4-6-10/h2-6,11-14H,1,7-8H2. The fraction of sp³-hybridized carbons (Fsp3) is 0.429. The number of nitrogens with zero attached hydrogens (tertiary/aromatic N) is 1. The monoisotopic (exact) mass is 261 g/mol. The summed E-state index contributed by atoms with van der Waals surface area (Å²) in [7, 11) is -3.28. The van der Waals surface area contributed by atoms with Gasteiger partial charge in [-0.2, -0.15) is 4.31 Å². The van der Waals surface area contributed by atoms with Gasteiger partial charge in [0.1, 0.15) is 0 Å². The molecular formula is C14H15NO2S. The van der Waals surface area contributed by atoms with Crippen molar-refractivity contribution in [3.05, 3.63) is 42.5 Å². The first-order valence-electron chi connectivity index (χ1n) is 6.39. The van der Waals surface area contributed by atoms with Crippen LogP contribution in [-0.2, 0) is 10.0 Å². The van der Waals surface area contributed by atoms with Crippen LogP contribution in [0, 0.1) is 11.8 Å². The first-order valence-corrected chi connectivity index (χ1v) is 7.83. The zero-order chi connectivity index (χ0) is 12.5. The van der Waals surface area contributed by atoms with Crippen molar-refractivity contribution in [3.63, 3.8) is 0 Å². The Morgan fingerprint density at radius 2 is 1.61 bits per heavy atom. The van der Waals surface area contributed by atoms with E-state index in [1.807, 2.05) is 6.07 Å². The third-order valence-electron chi connectivity index (χ3n) is 4.73. The molecule has 3 aliphatic rings. The Labute approximate surface area is 107 Å². The molecule has 18 heavy (non-hydrogen) atoms. The van der Waals surface area contributed by atoms with Crippen molar-refractivity contribution in [3.8, 4) is 0 Å². The van der Waals surface area contributed by atoms with Crippen molar-refractivity contribution in [1.29, 1.82) is 0 Å². The highest BCUT2D eigenvalue weighted by atomic mass is 32.2. The summed E-state index contributed by atoms with van der Waals surface area (Å²) in [5.74, 6) is 0.831. The van der Waals surface area contributed by atoms with E-state index in [-0.39, 0.29) is 12.1 Å².